The van der Waals surface area contributed by atoms with Gasteiger partial charge in [0.05, 0.1) is 14.2 Å². The fraction of sp³-hybridized carbons (Fsp3) is 0.280. The molecule has 150 valence electrons. The van der Waals surface area contributed by atoms with E-state index in [1.807, 2.05) is 12.1 Å². The van der Waals surface area contributed by atoms with Crippen molar-refractivity contribution < 1.29 is 18.9 Å². The topological polar surface area (TPSA) is 36.9 Å². The van der Waals surface area contributed by atoms with Gasteiger partial charge in [-0.2, -0.15) is 0 Å². The lowest BCUT2D eigenvalue weighted by atomic mass is 9.89. The van der Waals surface area contributed by atoms with E-state index in [1.54, 1.807) is 14.2 Å². The average Bonchev–Trinajstić information content (AvgIpc) is 2.73. The lowest BCUT2D eigenvalue weighted by Gasteiger charge is -2.26. The molecule has 0 radical (unpaired) electrons. The molecule has 29 heavy (non-hydrogen) atoms. The minimum Gasteiger partial charge on any atom is -0.496 e. The van der Waals surface area contributed by atoms with E-state index < -0.39 is 0 Å². The zero-order chi connectivity index (χ0) is 20.5. The van der Waals surface area contributed by atoms with Crippen LogP contribution in [0.3, 0.4) is 0 Å². The number of rotatable bonds is 4. The Morgan fingerprint density at radius 3 is 1.79 bits per heavy atom. The molecule has 0 bridgehead atoms. The van der Waals surface area contributed by atoms with Gasteiger partial charge in [-0.15, -0.1) is 0 Å². The fourth-order valence-corrected chi connectivity index (χ4v) is 3.97. The van der Waals surface area contributed by atoms with E-state index in [1.165, 1.54) is 0 Å². The SMILES string of the molecule is COc1ccc(-c2cc(C)c3c(c2-c2ccc(OC)c(C)c2)OCCO3)cc1C. The van der Waals surface area contributed by atoms with Crippen LogP contribution in [0.4, 0.5) is 0 Å². The van der Waals surface area contributed by atoms with E-state index >= 15 is 0 Å². The summed E-state index contributed by atoms with van der Waals surface area (Å²) in [4.78, 5) is 0. The van der Waals surface area contributed by atoms with Crippen molar-refractivity contribution in [3.05, 3.63) is 59.2 Å². The molecule has 3 aromatic carbocycles. The van der Waals surface area contributed by atoms with E-state index in [4.69, 9.17) is 18.9 Å². The van der Waals surface area contributed by atoms with Crippen molar-refractivity contribution in [2.24, 2.45) is 0 Å². The van der Waals surface area contributed by atoms with Crippen molar-refractivity contribution in [3.63, 3.8) is 0 Å². The van der Waals surface area contributed by atoms with Crippen LogP contribution >= 0.6 is 0 Å². The van der Waals surface area contributed by atoms with Gasteiger partial charge in [0.25, 0.3) is 0 Å². The first kappa shape index (κ1) is 19.2. The number of methoxy groups -OCH3 is 2. The number of hydrogen-bond donors (Lipinski definition) is 0. The number of ether oxygens (including phenoxy) is 4. The Bertz CT molecular complexity index is 1070. The van der Waals surface area contributed by atoms with Gasteiger partial charge >= 0.3 is 0 Å². The first-order valence-corrected chi connectivity index (χ1v) is 9.76. The van der Waals surface area contributed by atoms with Crippen LogP contribution in [0.2, 0.25) is 0 Å². The Morgan fingerprint density at radius 2 is 1.21 bits per heavy atom. The summed E-state index contributed by atoms with van der Waals surface area (Å²) in [5.41, 5.74) is 7.59. The summed E-state index contributed by atoms with van der Waals surface area (Å²) in [6.45, 7) is 7.29. The van der Waals surface area contributed by atoms with Crippen LogP contribution in [0.1, 0.15) is 16.7 Å². The van der Waals surface area contributed by atoms with Crippen molar-refractivity contribution in [2.45, 2.75) is 20.8 Å². The van der Waals surface area contributed by atoms with Gasteiger partial charge in [0.2, 0.25) is 0 Å². The monoisotopic (exact) mass is 390 g/mol. The first-order valence-electron chi connectivity index (χ1n) is 9.76. The van der Waals surface area contributed by atoms with Crippen LogP contribution in [0.5, 0.6) is 23.0 Å². The van der Waals surface area contributed by atoms with Gasteiger partial charge in [-0.3, -0.25) is 0 Å². The molecular weight excluding hydrogens is 364 g/mol. The second-order valence-electron chi connectivity index (χ2n) is 7.34. The van der Waals surface area contributed by atoms with Crippen LogP contribution in [0.15, 0.2) is 42.5 Å². The van der Waals surface area contributed by atoms with E-state index in [9.17, 15) is 0 Å². The molecule has 4 rings (SSSR count). The number of aryl methyl sites for hydroxylation is 3. The molecule has 0 aromatic heterocycles. The van der Waals surface area contributed by atoms with Gasteiger partial charge in [-0.25, -0.2) is 0 Å². The molecule has 0 fully saturated rings. The predicted octanol–water partition coefficient (Wildman–Crippen LogP) is 5.73. The van der Waals surface area contributed by atoms with Crippen LogP contribution < -0.4 is 18.9 Å². The molecule has 0 amide bonds. The highest BCUT2D eigenvalue weighted by molar-refractivity contribution is 5.91. The van der Waals surface area contributed by atoms with Crippen molar-refractivity contribution >= 4 is 0 Å². The lowest BCUT2D eigenvalue weighted by molar-refractivity contribution is 0.171. The van der Waals surface area contributed by atoms with Crippen molar-refractivity contribution in [1.29, 1.82) is 0 Å². The summed E-state index contributed by atoms with van der Waals surface area (Å²) >= 11 is 0. The maximum absolute atomic E-state index is 6.14. The Morgan fingerprint density at radius 1 is 0.655 bits per heavy atom. The maximum Gasteiger partial charge on any atom is 0.170 e. The third-order valence-corrected chi connectivity index (χ3v) is 5.39. The van der Waals surface area contributed by atoms with Gasteiger partial charge in [0, 0.05) is 5.56 Å². The highest BCUT2D eigenvalue weighted by atomic mass is 16.6. The van der Waals surface area contributed by atoms with Gasteiger partial charge in [-0.05, 0) is 84.5 Å². The van der Waals surface area contributed by atoms with Gasteiger partial charge in [0.15, 0.2) is 11.5 Å². The highest BCUT2D eigenvalue weighted by Crippen LogP contribution is 2.49. The fourth-order valence-electron chi connectivity index (χ4n) is 3.97. The molecule has 0 N–H and O–H groups in total. The summed E-state index contributed by atoms with van der Waals surface area (Å²) in [5, 5.41) is 0. The van der Waals surface area contributed by atoms with Gasteiger partial charge in [-0.1, -0.05) is 12.1 Å². The van der Waals surface area contributed by atoms with Crippen LogP contribution in [-0.4, -0.2) is 27.4 Å². The maximum atomic E-state index is 6.14. The molecule has 4 nitrogen and oxygen atoms in total. The normalized spacial score (nSPS) is 12.6. The average molecular weight is 390 g/mol. The van der Waals surface area contributed by atoms with Crippen molar-refractivity contribution in [3.8, 4) is 45.3 Å². The molecule has 3 aromatic rings. The standard InChI is InChI=1S/C25H26O4/c1-15-12-18(6-8-21(15)26-4)20-14-17(3)24-25(29-11-10-28-24)23(20)19-7-9-22(27-5)16(2)13-19/h6-9,12-14H,10-11H2,1-5H3. The Hall–Kier alpha value is -3.14. The molecule has 0 aliphatic carbocycles. The summed E-state index contributed by atoms with van der Waals surface area (Å²) in [5.74, 6) is 3.39. The van der Waals surface area contributed by atoms with Gasteiger partial charge in [0.1, 0.15) is 24.7 Å². The summed E-state index contributed by atoms with van der Waals surface area (Å²) in [6, 6.07) is 14.7. The molecule has 0 saturated heterocycles. The molecule has 4 heteroatoms. The van der Waals surface area contributed by atoms with E-state index in [0.717, 1.165) is 61.9 Å². The molecule has 1 heterocycles. The molecule has 1 aliphatic rings. The predicted molar refractivity (Wildman–Crippen MR) is 116 cm³/mol. The first-order chi connectivity index (χ1) is 14.0. The van der Waals surface area contributed by atoms with Crippen LogP contribution in [-0.2, 0) is 0 Å². The molecule has 0 atom stereocenters. The largest absolute Gasteiger partial charge is 0.496 e. The van der Waals surface area contributed by atoms with Crippen LogP contribution in [0.25, 0.3) is 22.3 Å². The quantitative estimate of drug-likeness (QED) is 0.570. The second-order valence-corrected chi connectivity index (χ2v) is 7.34. The zero-order valence-corrected chi connectivity index (χ0v) is 17.6. The zero-order valence-electron chi connectivity index (χ0n) is 17.6. The van der Waals surface area contributed by atoms with Crippen molar-refractivity contribution in [1.82, 2.24) is 0 Å². The third-order valence-electron chi connectivity index (χ3n) is 5.39. The summed E-state index contributed by atoms with van der Waals surface area (Å²) < 4.78 is 23.0. The Balaban J connectivity index is 1.99. The smallest absolute Gasteiger partial charge is 0.170 e. The third kappa shape index (κ3) is 3.39. The molecule has 0 spiro atoms. The number of fused-ring (bicyclic) bond motifs is 1. The number of hydrogen-bond acceptors (Lipinski definition) is 4. The van der Waals surface area contributed by atoms with Crippen LogP contribution in [0, 0.1) is 20.8 Å². The summed E-state index contributed by atoms with van der Waals surface area (Å²) in [6.07, 6.45) is 0. The minimum absolute atomic E-state index is 0.541. The molecule has 1 aliphatic heterocycles. The Kier molecular flexibility index (Phi) is 5.10. The van der Waals surface area contributed by atoms with E-state index in [2.05, 4.69) is 51.1 Å². The highest BCUT2D eigenvalue weighted by Gasteiger charge is 2.24. The van der Waals surface area contributed by atoms with E-state index in [-0.39, 0.29) is 0 Å². The molecule has 0 unspecified atom stereocenters. The van der Waals surface area contributed by atoms with Gasteiger partial charge < -0.3 is 18.9 Å². The molecule has 0 saturated carbocycles. The van der Waals surface area contributed by atoms with Crippen molar-refractivity contribution in [2.75, 3.05) is 27.4 Å². The minimum atomic E-state index is 0.541. The Labute approximate surface area is 172 Å². The lowest BCUT2D eigenvalue weighted by Crippen LogP contribution is -2.17. The second kappa shape index (κ2) is 7.70. The van der Waals surface area contributed by atoms with E-state index in [0.29, 0.717) is 13.2 Å². The number of benzene rings is 3. The summed E-state index contributed by atoms with van der Waals surface area (Å²) in [7, 11) is 3.39. The molecular formula is C25H26O4.